The van der Waals surface area contributed by atoms with Crippen molar-refractivity contribution in [1.82, 2.24) is 10.2 Å². The average molecular weight is 283 g/mol. The molecule has 3 unspecified atom stereocenters. The number of carboxylic acid groups (broad SMARTS) is 1. The molecule has 0 aromatic heterocycles. The fourth-order valence-corrected chi connectivity index (χ4v) is 2.05. The zero-order valence-electron chi connectivity index (χ0n) is 12.0. The van der Waals surface area contributed by atoms with Crippen LogP contribution in [0, 0.1) is 22.7 Å². The maximum Gasteiger partial charge on any atom is 0.317 e. The van der Waals surface area contributed by atoms with E-state index < -0.39 is 17.4 Å². The molecule has 112 valence electrons. The number of hydrogen-bond acceptors (Lipinski definition) is 4. The highest BCUT2D eigenvalue weighted by Gasteiger charge is 2.47. The second-order valence-corrected chi connectivity index (χ2v) is 5.31. The van der Waals surface area contributed by atoms with Crippen molar-refractivity contribution in [2.24, 2.45) is 11.3 Å². The predicted molar refractivity (Wildman–Crippen MR) is 70.9 cm³/mol. The first-order valence-corrected chi connectivity index (χ1v) is 6.61. The van der Waals surface area contributed by atoms with E-state index >= 15 is 0 Å². The van der Waals surface area contributed by atoms with E-state index in [1.807, 2.05) is 6.92 Å². The van der Waals surface area contributed by atoms with Crippen LogP contribution in [0.2, 0.25) is 0 Å². The molecule has 3 atom stereocenters. The van der Waals surface area contributed by atoms with E-state index in [0.29, 0.717) is 13.1 Å². The van der Waals surface area contributed by atoms with Crippen molar-refractivity contribution in [3.63, 3.8) is 0 Å². The predicted octanol–water partition coefficient (Wildman–Crippen LogP) is 0.667. The third kappa shape index (κ3) is 3.39. The van der Waals surface area contributed by atoms with Gasteiger partial charge >= 0.3 is 12.0 Å². The Morgan fingerprint density at radius 2 is 2.30 bits per heavy atom. The van der Waals surface area contributed by atoms with Crippen LogP contribution in [0.15, 0.2) is 0 Å². The third-order valence-electron chi connectivity index (χ3n) is 3.63. The van der Waals surface area contributed by atoms with E-state index in [9.17, 15) is 14.7 Å². The van der Waals surface area contributed by atoms with Gasteiger partial charge in [0.2, 0.25) is 0 Å². The van der Waals surface area contributed by atoms with E-state index in [1.54, 1.807) is 13.8 Å². The van der Waals surface area contributed by atoms with E-state index in [1.165, 1.54) is 4.90 Å². The number of carbonyl (C=O) groups is 2. The molecule has 0 aromatic carbocycles. The Hall–Kier alpha value is -1.81. The van der Waals surface area contributed by atoms with Crippen molar-refractivity contribution in [2.75, 3.05) is 26.3 Å². The van der Waals surface area contributed by atoms with E-state index in [4.69, 9.17) is 10.00 Å². The van der Waals surface area contributed by atoms with Gasteiger partial charge < -0.3 is 20.1 Å². The molecule has 0 bridgehead atoms. The number of nitrogens with one attached hydrogen (secondary N) is 1. The van der Waals surface area contributed by atoms with Crippen molar-refractivity contribution >= 4 is 12.0 Å². The van der Waals surface area contributed by atoms with Crippen molar-refractivity contribution in [3.8, 4) is 6.07 Å². The Morgan fingerprint density at radius 1 is 1.65 bits per heavy atom. The van der Waals surface area contributed by atoms with Gasteiger partial charge in [-0.1, -0.05) is 0 Å². The molecule has 1 heterocycles. The van der Waals surface area contributed by atoms with E-state index in [0.717, 1.165) is 0 Å². The van der Waals surface area contributed by atoms with E-state index in [2.05, 4.69) is 11.4 Å². The standard InChI is InChI=1S/C13H21N3O4/c1-4-16(6-9(2)5-14)12(19)15-10-7-20-8-13(10,3)11(17)18/h9-10H,4,6-8H2,1-3H3,(H,15,19)(H,17,18). The Kier molecular flexibility index (Phi) is 5.34. The van der Waals surface area contributed by atoms with Gasteiger partial charge in [-0.05, 0) is 20.8 Å². The highest BCUT2D eigenvalue weighted by molar-refractivity contribution is 5.79. The number of nitrogens with zero attached hydrogens (tertiary/aromatic N) is 2. The second kappa shape index (κ2) is 6.57. The summed E-state index contributed by atoms with van der Waals surface area (Å²) in [4.78, 5) is 24.9. The highest BCUT2D eigenvalue weighted by atomic mass is 16.5. The minimum Gasteiger partial charge on any atom is -0.481 e. The van der Waals surface area contributed by atoms with Crippen LogP contribution in [0.1, 0.15) is 20.8 Å². The fraction of sp³-hybridized carbons (Fsp3) is 0.769. The molecule has 1 aliphatic heterocycles. The Bertz CT molecular complexity index is 420. The molecule has 2 N–H and O–H groups in total. The van der Waals surface area contributed by atoms with Crippen molar-refractivity contribution in [3.05, 3.63) is 0 Å². The van der Waals surface area contributed by atoms with Gasteiger partial charge in [0.25, 0.3) is 0 Å². The number of amides is 2. The topological polar surface area (TPSA) is 103 Å². The smallest absolute Gasteiger partial charge is 0.317 e. The molecule has 7 heteroatoms. The van der Waals surface area contributed by atoms with Crippen LogP contribution >= 0.6 is 0 Å². The summed E-state index contributed by atoms with van der Waals surface area (Å²) in [5.41, 5.74) is -1.12. The third-order valence-corrected chi connectivity index (χ3v) is 3.63. The Morgan fingerprint density at radius 3 is 2.80 bits per heavy atom. The molecule has 20 heavy (non-hydrogen) atoms. The molecule has 0 radical (unpaired) electrons. The minimum absolute atomic E-state index is 0.0774. The lowest BCUT2D eigenvalue weighted by molar-refractivity contribution is -0.148. The molecule has 2 amide bonds. The molecule has 0 aromatic rings. The number of hydrogen-bond donors (Lipinski definition) is 2. The van der Waals surface area contributed by atoms with Crippen molar-refractivity contribution in [2.45, 2.75) is 26.8 Å². The number of nitriles is 1. The van der Waals surface area contributed by atoms with Gasteiger partial charge in [-0.25, -0.2) is 4.79 Å². The van der Waals surface area contributed by atoms with Gasteiger partial charge in [0.15, 0.2) is 0 Å². The summed E-state index contributed by atoms with van der Waals surface area (Å²) in [6, 6.07) is 1.14. The minimum atomic E-state index is -1.12. The monoisotopic (exact) mass is 283 g/mol. The molecule has 1 rings (SSSR count). The maximum absolute atomic E-state index is 12.1. The summed E-state index contributed by atoms with van der Waals surface area (Å²) in [6.45, 7) is 6.13. The lowest BCUT2D eigenvalue weighted by Crippen LogP contribution is -2.53. The van der Waals surface area contributed by atoms with Gasteiger partial charge in [-0.2, -0.15) is 5.26 Å². The number of ether oxygens (including phenoxy) is 1. The van der Waals surface area contributed by atoms with Gasteiger partial charge in [0, 0.05) is 13.1 Å². The van der Waals surface area contributed by atoms with Crippen LogP contribution in [0.4, 0.5) is 4.79 Å². The highest BCUT2D eigenvalue weighted by Crippen LogP contribution is 2.28. The molecule has 0 aliphatic carbocycles. The number of rotatable bonds is 5. The SMILES string of the molecule is CCN(CC(C)C#N)C(=O)NC1COCC1(C)C(=O)O. The lowest BCUT2D eigenvalue weighted by Gasteiger charge is -2.29. The van der Waals surface area contributed by atoms with Crippen LogP contribution < -0.4 is 5.32 Å². The van der Waals surface area contributed by atoms with Crippen LogP contribution in [0.3, 0.4) is 0 Å². The largest absolute Gasteiger partial charge is 0.481 e. The molecule has 0 saturated carbocycles. The number of carbonyl (C=O) groups excluding carboxylic acids is 1. The summed E-state index contributed by atoms with van der Waals surface area (Å²) >= 11 is 0. The maximum atomic E-state index is 12.1. The van der Waals surface area contributed by atoms with Gasteiger partial charge in [0.05, 0.1) is 31.2 Å². The molecule has 1 saturated heterocycles. The van der Waals surface area contributed by atoms with Crippen LogP contribution in [0.5, 0.6) is 0 Å². The summed E-state index contributed by atoms with van der Waals surface area (Å²) in [7, 11) is 0. The first-order valence-electron chi connectivity index (χ1n) is 6.61. The Balaban J connectivity index is 2.69. The van der Waals surface area contributed by atoms with Crippen LogP contribution in [-0.4, -0.2) is 54.4 Å². The average Bonchev–Trinajstić information content (AvgIpc) is 2.78. The number of carboxylic acids is 1. The molecule has 1 aliphatic rings. The normalized spacial score (nSPS) is 26.6. The molecule has 1 fully saturated rings. The van der Waals surface area contributed by atoms with Crippen molar-refractivity contribution in [1.29, 1.82) is 5.26 Å². The second-order valence-electron chi connectivity index (χ2n) is 5.31. The van der Waals surface area contributed by atoms with Gasteiger partial charge in [0.1, 0.15) is 5.41 Å². The van der Waals surface area contributed by atoms with E-state index in [-0.39, 0.29) is 25.2 Å². The van der Waals surface area contributed by atoms with Crippen LogP contribution in [-0.2, 0) is 9.53 Å². The van der Waals surface area contributed by atoms with Crippen LogP contribution in [0.25, 0.3) is 0 Å². The fourth-order valence-electron chi connectivity index (χ4n) is 2.05. The zero-order valence-corrected chi connectivity index (χ0v) is 12.0. The first kappa shape index (κ1) is 16.2. The molecule has 0 spiro atoms. The van der Waals surface area contributed by atoms with Gasteiger partial charge in [-0.15, -0.1) is 0 Å². The molecular weight excluding hydrogens is 262 g/mol. The Labute approximate surface area is 118 Å². The quantitative estimate of drug-likeness (QED) is 0.772. The zero-order chi connectivity index (χ0) is 15.3. The lowest BCUT2D eigenvalue weighted by atomic mass is 9.85. The van der Waals surface area contributed by atoms with Crippen molar-refractivity contribution < 1.29 is 19.4 Å². The van der Waals surface area contributed by atoms with Gasteiger partial charge in [-0.3, -0.25) is 4.79 Å². The summed E-state index contributed by atoms with van der Waals surface area (Å²) in [5.74, 6) is -1.26. The molecule has 7 nitrogen and oxygen atoms in total. The summed E-state index contributed by atoms with van der Waals surface area (Å²) in [6.07, 6.45) is 0. The summed E-state index contributed by atoms with van der Waals surface area (Å²) in [5, 5.41) is 20.7. The molecular formula is C13H21N3O4. The first-order chi connectivity index (χ1) is 9.35. The summed E-state index contributed by atoms with van der Waals surface area (Å²) < 4.78 is 5.18. The number of aliphatic carboxylic acids is 1. The number of urea groups is 1.